The Kier molecular flexibility index (Phi) is 4.05. The Morgan fingerprint density at radius 2 is 2.11 bits per heavy atom. The zero-order chi connectivity index (χ0) is 13.0. The summed E-state index contributed by atoms with van der Waals surface area (Å²) in [5.74, 6) is 1.81. The van der Waals surface area contributed by atoms with Gasteiger partial charge in [-0.05, 0) is 23.8 Å². The summed E-state index contributed by atoms with van der Waals surface area (Å²) in [6.45, 7) is 4.97. The molecule has 0 unspecified atom stereocenters. The van der Waals surface area contributed by atoms with Crippen LogP contribution in [0.2, 0.25) is 0 Å². The Morgan fingerprint density at radius 3 is 2.83 bits per heavy atom. The maximum Gasteiger partial charge on any atom is 0.125 e. The Labute approximate surface area is 108 Å². The van der Waals surface area contributed by atoms with Crippen molar-refractivity contribution in [3.63, 3.8) is 0 Å². The average molecular weight is 245 g/mol. The molecule has 0 radical (unpaired) electrons. The fourth-order valence-electron chi connectivity index (χ4n) is 1.82. The van der Waals surface area contributed by atoms with Crippen molar-refractivity contribution in [2.75, 3.05) is 7.11 Å². The van der Waals surface area contributed by atoms with Crippen molar-refractivity contribution >= 4 is 0 Å². The topological polar surface area (TPSA) is 34.4 Å². The summed E-state index contributed by atoms with van der Waals surface area (Å²) in [7, 11) is 1.68. The van der Waals surface area contributed by atoms with E-state index in [0.717, 1.165) is 29.2 Å². The van der Waals surface area contributed by atoms with Crippen LogP contribution in [0.1, 0.15) is 19.6 Å². The van der Waals surface area contributed by atoms with E-state index in [0.29, 0.717) is 6.04 Å². The number of benzene rings is 1. The number of furan rings is 1. The zero-order valence-corrected chi connectivity index (χ0v) is 11.1. The first-order valence-corrected chi connectivity index (χ1v) is 6.15. The summed E-state index contributed by atoms with van der Waals surface area (Å²) in [5, 5.41) is 3.36. The first-order valence-electron chi connectivity index (χ1n) is 6.15. The number of nitrogens with one attached hydrogen (secondary N) is 1. The molecule has 0 fully saturated rings. The fraction of sp³-hybridized carbons (Fsp3) is 0.333. The molecule has 0 aliphatic carbocycles. The van der Waals surface area contributed by atoms with E-state index in [2.05, 4.69) is 25.2 Å². The maximum atomic E-state index is 5.54. The summed E-state index contributed by atoms with van der Waals surface area (Å²) >= 11 is 0. The lowest BCUT2D eigenvalue weighted by molar-refractivity contribution is 0.415. The molecule has 18 heavy (non-hydrogen) atoms. The SMILES string of the molecule is COc1cccc(-c2ccoc2CNC(C)C)c1. The summed E-state index contributed by atoms with van der Waals surface area (Å²) in [6.07, 6.45) is 1.73. The Morgan fingerprint density at radius 1 is 1.28 bits per heavy atom. The first-order chi connectivity index (χ1) is 8.70. The number of hydrogen-bond donors (Lipinski definition) is 1. The van der Waals surface area contributed by atoms with E-state index in [1.807, 2.05) is 24.3 Å². The van der Waals surface area contributed by atoms with Crippen LogP contribution in [-0.2, 0) is 6.54 Å². The summed E-state index contributed by atoms with van der Waals surface area (Å²) in [4.78, 5) is 0. The molecule has 0 saturated heterocycles. The van der Waals surface area contributed by atoms with E-state index in [1.165, 1.54) is 0 Å². The highest BCUT2D eigenvalue weighted by molar-refractivity contribution is 5.66. The Hall–Kier alpha value is -1.74. The molecule has 0 aliphatic heterocycles. The van der Waals surface area contributed by atoms with Gasteiger partial charge in [0.1, 0.15) is 11.5 Å². The van der Waals surface area contributed by atoms with Gasteiger partial charge in [-0.1, -0.05) is 26.0 Å². The zero-order valence-electron chi connectivity index (χ0n) is 11.1. The molecule has 1 aromatic heterocycles. The van der Waals surface area contributed by atoms with Crippen molar-refractivity contribution in [3.05, 3.63) is 42.4 Å². The van der Waals surface area contributed by atoms with Gasteiger partial charge < -0.3 is 14.5 Å². The standard InChI is InChI=1S/C15H19NO2/c1-11(2)16-10-15-14(7-8-18-15)12-5-4-6-13(9-12)17-3/h4-9,11,16H,10H2,1-3H3. The lowest BCUT2D eigenvalue weighted by Gasteiger charge is -2.08. The van der Waals surface area contributed by atoms with E-state index in [1.54, 1.807) is 13.4 Å². The highest BCUT2D eigenvalue weighted by Crippen LogP contribution is 2.27. The van der Waals surface area contributed by atoms with Crippen molar-refractivity contribution in [1.29, 1.82) is 0 Å². The van der Waals surface area contributed by atoms with Gasteiger partial charge in [0.2, 0.25) is 0 Å². The van der Waals surface area contributed by atoms with Gasteiger partial charge in [0.15, 0.2) is 0 Å². The number of rotatable bonds is 5. The lowest BCUT2D eigenvalue weighted by Crippen LogP contribution is -2.21. The smallest absolute Gasteiger partial charge is 0.125 e. The molecule has 0 saturated carbocycles. The van der Waals surface area contributed by atoms with Gasteiger partial charge >= 0.3 is 0 Å². The highest BCUT2D eigenvalue weighted by Gasteiger charge is 2.09. The largest absolute Gasteiger partial charge is 0.497 e. The van der Waals surface area contributed by atoms with Crippen molar-refractivity contribution in [2.24, 2.45) is 0 Å². The molecule has 0 aliphatic rings. The maximum absolute atomic E-state index is 5.54. The van der Waals surface area contributed by atoms with Crippen molar-refractivity contribution < 1.29 is 9.15 Å². The van der Waals surface area contributed by atoms with E-state index in [4.69, 9.17) is 9.15 Å². The summed E-state index contributed by atoms with van der Waals surface area (Å²) in [5.41, 5.74) is 2.23. The molecule has 0 bridgehead atoms. The normalized spacial score (nSPS) is 10.9. The monoisotopic (exact) mass is 245 g/mol. The number of methoxy groups -OCH3 is 1. The van der Waals surface area contributed by atoms with Gasteiger partial charge in [-0.2, -0.15) is 0 Å². The van der Waals surface area contributed by atoms with E-state index in [-0.39, 0.29) is 0 Å². The highest BCUT2D eigenvalue weighted by atomic mass is 16.5. The Bertz CT molecular complexity index is 503. The predicted molar refractivity (Wildman–Crippen MR) is 72.7 cm³/mol. The molecule has 0 spiro atoms. The lowest BCUT2D eigenvalue weighted by atomic mass is 10.1. The minimum Gasteiger partial charge on any atom is -0.497 e. The van der Waals surface area contributed by atoms with Gasteiger partial charge in [0, 0.05) is 11.6 Å². The van der Waals surface area contributed by atoms with Crippen molar-refractivity contribution in [1.82, 2.24) is 5.32 Å². The summed E-state index contributed by atoms with van der Waals surface area (Å²) in [6, 6.07) is 10.4. The minimum atomic E-state index is 0.438. The molecule has 1 N–H and O–H groups in total. The third-order valence-electron chi connectivity index (χ3n) is 2.80. The third-order valence-corrected chi connectivity index (χ3v) is 2.80. The number of hydrogen-bond acceptors (Lipinski definition) is 3. The van der Waals surface area contributed by atoms with Crippen LogP contribution < -0.4 is 10.1 Å². The van der Waals surface area contributed by atoms with Crippen LogP contribution >= 0.6 is 0 Å². The molecule has 1 aromatic carbocycles. The van der Waals surface area contributed by atoms with Gasteiger partial charge in [0.05, 0.1) is 19.9 Å². The van der Waals surface area contributed by atoms with E-state index < -0.39 is 0 Å². The third kappa shape index (κ3) is 2.93. The molecule has 3 heteroatoms. The van der Waals surface area contributed by atoms with Crippen LogP contribution in [0.25, 0.3) is 11.1 Å². The molecule has 2 rings (SSSR count). The van der Waals surface area contributed by atoms with Gasteiger partial charge in [-0.25, -0.2) is 0 Å². The molecule has 1 heterocycles. The van der Waals surface area contributed by atoms with Crippen LogP contribution in [0.3, 0.4) is 0 Å². The predicted octanol–water partition coefficient (Wildman–Crippen LogP) is 3.45. The van der Waals surface area contributed by atoms with Crippen LogP contribution in [0.15, 0.2) is 41.0 Å². The van der Waals surface area contributed by atoms with Gasteiger partial charge in [0.25, 0.3) is 0 Å². The molecular weight excluding hydrogens is 226 g/mol. The van der Waals surface area contributed by atoms with Crippen molar-refractivity contribution in [2.45, 2.75) is 26.4 Å². The van der Waals surface area contributed by atoms with Crippen LogP contribution in [0.4, 0.5) is 0 Å². The van der Waals surface area contributed by atoms with Crippen LogP contribution in [0, 0.1) is 0 Å². The van der Waals surface area contributed by atoms with Crippen LogP contribution in [-0.4, -0.2) is 13.2 Å². The van der Waals surface area contributed by atoms with Gasteiger partial charge in [-0.15, -0.1) is 0 Å². The van der Waals surface area contributed by atoms with Crippen LogP contribution in [0.5, 0.6) is 5.75 Å². The number of ether oxygens (including phenoxy) is 1. The average Bonchev–Trinajstić information content (AvgIpc) is 2.84. The fourth-order valence-corrected chi connectivity index (χ4v) is 1.82. The molecule has 0 atom stereocenters. The summed E-state index contributed by atoms with van der Waals surface area (Å²) < 4.78 is 10.8. The molecule has 3 nitrogen and oxygen atoms in total. The molecule has 0 amide bonds. The second kappa shape index (κ2) is 5.74. The molecule has 96 valence electrons. The first kappa shape index (κ1) is 12.7. The van der Waals surface area contributed by atoms with Gasteiger partial charge in [-0.3, -0.25) is 0 Å². The Balaban J connectivity index is 2.24. The quantitative estimate of drug-likeness (QED) is 0.876. The van der Waals surface area contributed by atoms with E-state index in [9.17, 15) is 0 Å². The molecule has 2 aromatic rings. The van der Waals surface area contributed by atoms with Crippen molar-refractivity contribution in [3.8, 4) is 16.9 Å². The molecular formula is C15H19NO2. The second-order valence-corrected chi connectivity index (χ2v) is 4.53. The second-order valence-electron chi connectivity index (χ2n) is 4.53. The minimum absolute atomic E-state index is 0.438. The van der Waals surface area contributed by atoms with E-state index >= 15 is 0 Å².